The summed E-state index contributed by atoms with van der Waals surface area (Å²) < 4.78 is 5.42. The van der Waals surface area contributed by atoms with E-state index in [1.807, 2.05) is 30.9 Å². The number of methoxy groups -OCH3 is 1. The molecule has 0 aromatic heterocycles. The van der Waals surface area contributed by atoms with Crippen LogP contribution in [-0.4, -0.2) is 31.0 Å². The molecule has 0 unspecified atom stereocenters. The number of amides is 1. The summed E-state index contributed by atoms with van der Waals surface area (Å²) in [5.41, 5.74) is 2.83. The monoisotopic (exact) mass is 261 g/mol. The zero-order valence-electron chi connectivity index (χ0n) is 12.3. The van der Waals surface area contributed by atoms with Gasteiger partial charge < -0.3 is 9.64 Å². The Bertz CT molecular complexity index is 474. The fourth-order valence-electron chi connectivity index (χ4n) is 2.77. The van der Waals surface area contributed by atoms with Crippen molar-refractivity contribution in [2.75, 3.05) is 20.2 Å². The van der Waals surface area contributed by atoms with Crippen LogP contribution in [0.2, 0.25) is 0 Å². The van der Waals surface area contributed by atoms with Gasteiger partial charge in [-0.25, -0.2) is 0 Å². The number of likely N-dealkylation sites (tertiary alicyclic amines) is 1. The van der Waals surface area contributed by atoms with Crippen LogP contribution in [0.4, 0.5) is 0 Å². The molecule has 1 saturated heterocycles. The van der Waals surface area contributed by atoms with Crippen molar-refractivity contribution in [1.82, 2.24) is 4.90 Å². The van der Waals surface area contributed by atoms with E-state index in [4.69, 9.17) is 4.74 Å². The molecule has 104 valence electrons. The molecule has 1 fully saturated rings. The van der Waals surface area contributed by atoms with Gasteiger partial charge >= 0.3 is 0 Å². The van der Waals surface area contributed by atoms with E-state index < -0.39 is 0 Å². The molecule has 0 bridgehead atoms. The van der Waals surface area contributed by atoms with Crippen molar-refractivity contribution in [1.29, 1.82) is 0 Å². The third-order valence-electron chi connectivity index (χ3n) is 3.92. The highest BCUT2D eigenvalue weighted by molar-refractivity contribution is 5.97. The number of hydrogen-bond donors (Lipinski definition) is 0. The third-order valence-corrected chi connectivity index (χ3v) is 3.92. The minimum Gasteiger partial charge on any atom is -0.496 e. The molecule has 0 saturated carbocycles. The van der Waals surface area contributed by atoms with Gasteiger partial charge in [0, 0.05) is 13.1 Å². The Morgan fingerprint density at radius 3 is 2.47 bits per heavy atom. The first-order chi connectivity index (χ1) is 9.02. The van der Waals surface area contributed by atoms with Crippen molar-refractivity contribution in [2.24, 2.45) is 5.92 Å². The van der Waals surface area contributed by atoms with Gasteiger partial charge in [-0.3, -0.25) is 4.79 Å². The molecule has 1 aliphatic heterocycles. The van der Waals surface area contributed by atoms with Crippen molar-refractivity contribution in [3.63, 3.8) is 0 Å². The van der Waals surface area contributed by atoms with E-state index in [1.165, 1.54) is 0 Å². The lowest BCUT2D eigenvalue weighted by atomic mass is 9.97. The van der Waals surface area contributed by atoms with E-state index in [0.717, 1.165) is 43.0 Å². The van der Waals surface area contributed by atoms with Crippen LogP contribution in [0.15, 0.2) is 12.1 Å². The van der Waals surface area contributed by atoms with E-state index in [9.17, 15) is 4.79 Å². The highest BCUT2D eigenvalue weighted by Gasteiger charge is 2.24. The maximum Gasteiger partial charge on any atom is 0.257 e. The number of benzene rings is 1. The number of aryl methyl sites for hydroxylation is 2. The first-order valence-electron chi connectivity index (χ1n) is 6.97. The second-order valence-corrected chi connectivity index (χ2v) is 5.64. The molecule has 2 rings (SSSR count). The number of rotatable bonds is 2. The smallest absolute Gasteiger partial charge is 0.257 e. The lowest BCUT2D eigenvalue weighted by molar-refractivity contribution is 0.0693. The predicted octanol–water partition coefficient (Wildman–Crippen LogP) is 3.18. The van der Waals surface area contributed by atoms with E-state index in [2.05, 4.69) is 6.92 Å². The highest BCUT2D eigenvalue weighted by Crippen LogP contribution is 2.27. The Balaban J connectivity index is 2.28. The fourth-order valence-corrected chi connectivity index (χ4v) is 2.77. The van der Waals surface area contributed by atoms with Crippen molar-refractivity contribution < 1.29 is 9.53 Å². The second-order valence-electron chi connectivity index (χ2n) is 5.64. The average Bonchev–Trinajstić information content (AvgIpc) is 2.38. The van der Waals surface area contributed by atoms with E-state index in [1.54, 1.807) is 7.11 Å². The molecule has 0 N–H and O–H groups in total. The lowest BCUT2D eigenvalue weighted by Gasteiger charge is -2.31. The van der Waals surface area contributed by atoms with Crippen LogP contribution in [0.25, 0.3) is 0 Å². The molecule has 1 amide bonds. The van der Waals surface area contributed by atoms with E-state index in [0.29, 0.717) is 11.3 Å². The Kier molecular flexibility index (Phi) is 4.13. The maximum absolute atomic E-state index is 12.6. The van der Waals surface area contributed by atoms with Gasteiger partial charge in [0.1, 0.15) is 5.75 Å². The number of carbonyl (C=O) groups excluding carboxylic acids is 1. The zero-order valence-corrected chi connectivity index (χ0v) is 12.3. The van der Waals surface area contributed by atoms with Crippen molar-refractivity contribution >= 4 is 5.91 Å². The van der Waals surface area contributed by atoms with Crippen LogP contribution in [0.3, 0.4) is 0 Å². The van der Waals surface area contributed by atoms with Crippen LogP contribution in [0, 0.1) is 19.8 Å². The number of piperidine rings is 1. The number of nitrogens with zero attached hydrogens (tertiary/aromatic N) is 1. The Morgan fingerprint density at radius 2 is 1.89 bits per heavy atom. The lowest BCUT2D eigenvalue weighted by Crippen LogP contribution is -2.38. The summed E-state index contributed by atoms with van der Waals surface area (Å²) in [6, 6.07) is 3.99. The second kappa shape index (κ2) is 5.64. The van der Waals surface area contributed by atoms with Crippen molar-refractivity contribution in [3.05, 3.63) is 28.8 Å². The summed E-state index contributed by atoms with van der Waals surface area (Å²) in [6.45, 7) is 7.97. The minimum atomic E-state index is 0.107. The Labute approximate surface area is 115 Å². The summed E-state index contributed by atoms with van der Waals surface area (Å²) >= 11 is 0. The first-order valence-corrected chi connectivity index (χ1v) is 6.97. The highest BCUT2D eigenvalue weighted by atomic mass is 16.5. The van der Waals surface area contributed by atoms with Crippen LogP contribution in [-0.2, 0) is 0 Å². The van der Waals surface area contributed by atoms with Crippen molar-refractivity contribution in [2.45, 2.75) is 33.6 Å². The molecule has 0 aliphatic carbocycles. The van der Waals surface area contributed by atoms with E-state index in [-0.39, 0.29) is 5.91 Å². The standard InChI is InChI=1S/C16H23NO2/c1-11-5-7-17(8-6-11)16(18)14-10-12(2)9-13(3)15(14)19-4/h9-11H,5-8H2,1-4H3. The van der Waals surface area contributed by atoms with Crippen LogP contribution >= 0.6 is 0 Å². The van der Waals surface area contributed by atoms with Gasteiger partial charge in [-0.2, -0.15) is 0 Å². The fraction of sp³-hybridized carbons (Fsp3) is 0.562. The molecule has 1 aromatic rings. The summed E-state index contributed by atoms with van der Waals surface area (Å²) in [5.74, 6) is 1.55. The minimum absolute atomic E-state index is 0.107. The molecule has 3 heteroatoms. The van der Waals surface area contributed by atoms with Crippen LogP contribution in [0.1, 0.15) is 41.3 Å². The summed E-state index contributed by atoms with van der Waals surface area (Å²) in [6.07, 6.45) is 2.19. The van der Waals surface area contributed by atoms with E-state index >= 15 is 0 Å². The number of carbonyl (C=O) groups is 1. The van der Waals surface area contributed by atoms with Gasteiger partial charge in [0.05, 0.1) is 12.7 Å². The molecular formula is C16H23NO2. The van der Waals surface area contributed by atoms with Crippen LogP contribution in [0.5, 0.6) is 5.75 Å². The molecule has 3 nitrogen and oxygen atoms in total. The summed E-state index contributed by atoms with van der Waals surface area (Å²) in [7, 11) is 1.63. The maximum atomic E-state index is 12.6. The molecule has 0 atom stereocenters. The third kappa shape index (κ3) is 2.91. The molecule has 0 radical (unpaired) electrons. The van der Waals surface area contributed by atoms with Crippen molar-refractivity contribution in [3.8, 4) is 5.75 Å². The molecule has 1 heterocycles. The molecule has 0 spiro atoms. The number of ether oxygens (including phenoxy) is 1. The van der Waals surface area contributed by atoms with Gasteiger partial charge in [0.2, 0.25) is 0 Å². The van der Waals surface area contributed by atoms with Gasteiger partial charge in [0.25, 0.3) is 5.91 Å². The van der Waals surface area contributed by atoms with Gasteiger partial charge in [0.15, 0.2) is 0 Å². The molecule has 1 aromatic carbocycles. The van der Waals surface area contributed by atoms with Crippen LogP contribution < -0.4 is 4.74 Å². The average molecular weight is 261 g/mol. The first kappa shape index (κ1) is 13.9. The topological polar surface area (TPSA) is 29.5 Å². The Morgan fingerprint density at radius 1 is 1.26 bits per heavy atom. The van der Waals surface area contributed by atoms with Gasteiger partial charge in [-0.1, -0.05) is 13.0 Å². The quantitative estimate of drug-likeness (QED) is 0.818. The SMILES string of the molecule is COc1c(C)cc(C)cc1C(=O)N1CCC(C)CC1. The molecule has 1 aliphatic rings. The molecule has 19 heavy (non-hydrogen) atoms. The summed E-state index contributed by atoms with van der Waals surface area (Å²) in [5, 5.41) is 0. The predicted molar refractivity (Wildman–Crippen MR) is 76.8 cm³/mol. The summed E-state index contributed by atoms with van der Waals surface area (Å²) in [4.78, 5) is 14.6. The van der Waals surface area contributed by atoms with Gasteiger partial charge in [-0.05, 0) is 49.8 Å². The zero-order chi connectivity index (χ0) is 14.0. The normalized spacial score (nSPS) is 16.5. The Hall–Kier alpha value is -1.51. The largest absolute Gasteiger partial charge is 0.496 e. The van der Waals surface area contributed by atoms with Gasteiger partial charge in [-0.15, -0.1) is 0 Å². The number of hydrogen-bond acceptors (Lipinski definition) is 2. The molecular weight excluding hydrogens is 238 g/mol.